The van der Waals surface area contributed by atoms with Gasteiger partial charge in [-0.05, 0) is 72.1 Å². The molecule has 2 N–H and O–H groups in total. The fraction of sp³-hybridized carbons (Fsp3) is 0.308. The molecule has 2 fully saturated rings. The van der Waals surface area contributed by atoms with E-state index < -0.39 is 30.3 Å². The van der Waals surface area contributed by atoms with Crippen molar-refractivity contribution in [1.82, 2.24) is 25.0 Å². The number of Topliss-reactive ketones (excluding diaryl/α,β-unsaturated/α-hetero) is 2. The van der Waals surface area contributed by atoms with E-state index in [1.807, 2.05) is 60.7 Å². The molecule has 8 rings (SSSR count). The molecule has 4 atom stereocenters. The van der Waals surface area contributed by atoms with Crippen molar-refractivity contribution in [3.63, 3.8) is 0 Å². The quantitative estimate of drug-likeness (QED) is 0.111. The largest absolute Gasteiger partial charge is 0.453 e. The van der Waals surface area contributed by atoms with Crippen LogP contribution < -0.4 is 10.6 Å². The Morgan fingerprint density at radius 1 is 0.594 bits per heavy atom. The Balaban J connectivity index is 1.05. The number of ether oxygens (including phenoxy) is 1. The number of likely N-dealkylation sites (tertiary alicyclic amines) is 2. The normalized spacial score (nSPS) is 17.0. The molecule has 0 bridgehead atoms. The van der Waals surface area contributed by atoms with Gasteiger partial charge in [0, 0.05) is 61.2 Å². The summed E-state index contributed by atoms with van der Waals surface area (Å²) in [6.07, 6.45) is 2.72. The van der Waals surface area contributed by atoms with Crippen LogP contribution in [0.4, 0.5) is 4.79 Å². The molecular formula is C52H53N5O7. The molecule has 1 aromatic heterocycles. The number of aromatic nitrogens is 1. The third kappa shape index (κ3) is 9.46. The number of hydrogen-bond acceptors (Lipinski definition) is 7. The second-order valence-electron chi connectivity index (χ2n) is 16.8. The van der Waals surface area contributed by atoms with Gasteiger partial charge >= 0.3 is 6.09 Å². The smallest absolute Gasteiger partial charge is 0.407 e. The first kappa shape index (κ1) is 43.6. The van der Waals surface area contributed by atoms with Gasteiger partial charge in [-0.3, -0.25) is 24.0 Å². The molecule has 2 aliphatic rings. The van der Waals surface area contributed by atoms with E-state index in [-0.39, 0.29) is 42.1 Å². The van der Waals surface area contributed by atoms with Crippen molar-refractivity contribution in [2.24, 2.45) is 0 Å². The molecule has 328 valence electrons. The Kier molecular flexibility index (Phi) is 13.3. The van der Waals surface area contributed by atoms with Gasteiger partial charge in [0.25, 0.3) is 5.91 Å². The van der Waals surface area contributed by atoms with Crippen molar-refractivity contribution < 1.29 is 33.5 Å². The second-order valence-corrected chi connectivity index (χ2v) is 16.8. The summed E-state index contributed by atoms with van der Waals surface area (Å²) in [5.41, 5.74) is 6.02. The van der Waals surface area contributed by atoms with Gasteiger partial charge in [-0.1, -0.05) is 115 Å². The van der Waals surface area contributed by atoms with Gasteiger partial charge in [-0.2, -0.15) is 0 Å². The predicted octanol–water partition coefficient (Wildman–Crippen LogP) is 7.22. The maximum absolute atomic E-state index is 14.2. The summed E-state index contributed by atoms with van der Waals surface area (Å²) in [5.74, 6) is -1.10. The van der Waals surface area contributed by atoms with Crippen molar-refractivity contribution >= 4 is 57.2 Å². The van der Waals surface area contributed by atoms with E-state index in [2.05, 4.69) is 45.5 Å². The molecule has 12 nitrogen and oxygen atoms in total. The van der Waals surface area contributed by atoms with E-state index in [4.69, 9.17) is 4.74 Å². The van der Waals surface area contributed by atoms with Crippen LogP contribution in [0.2, 0.25) is 0 Å². The van der Waals surface area contributed by atoms with Crippen LogP contribution in [0.1, 0.15) is 72.5 Å². The zero-order valence-corrected chi connectivity index (χ0v) is 36.2. The average molecular weight is 860 g/mol. The highest BCUT2D eigenvalue weighted by atomic mass is 16.5. The average Bonchev–Trinajstić information content (AvgIpc) is 4.08. The summed E-state index contributed by atoms with van der Waals surface area (Å²) in [4.78, 5) is 84.1. The van der Waals surface area contributed by atoms with Gasteiger partial charge in [0.2, 0.25) is 11.8 Å². The molecule has 0 unspecified atom stereocenters. The first-order valence-electron chi connectivity index (χ1n) is 22.0. The molecule has 4 amide bonds. The molecule has 0 aliphatic carbocycles. The highest BCUT2D eigenvalue weighted by Crippen LogP contribution is 2.33. The summed E-state index contributed by atoms with van der Waals surface area (Å²) in [6.45, 7) is 2.87. The molecule has 0 radical (unpaired) electrons. The molecule has 6 aromatic rings. The molecular weight excluding hydrogens is 807 g/mol. The Hall–Kier alpha value is -7.08. The maximum atomic E-state index is 14.2. The number of nitrogens with one attached hydrogen (secondary N) is 2. The number of hydrogen-bond donors (Lipinski definition) is 2. The molecule has 2 saturated heterocycles. The number of benzene rings is 5. The van der Waals surface area contributed by atoms with Crippen molar-refractivity contribution in [2.75, 3.05) is 20.2 Å². The van der Waals surface area contributed by atoms with Crippen LogP contribution in [0.15, 0.2) is 127 Å². The fourth-order valence-corrected chi connectivity index (χ4v) is 9.48. The maximum Gasteiger partial charge on any atom is 0.407 e. The summed E-state index contributed by atoms with van der Waals surface area (Å²) < 4.78 is 7.10. The minimum Gasteiger partial charge on any atom is -0.453 e. The van der Waals surface area contributed by atoms with Gasteiger partial charge in [-0.15, -0.1) is 0 Å². The number of alkyl carbamates (subject to hydrolysis) is 1. The van der Waals surface area contributed by atoms with Crippen LogP contribution in [0.3, 0.4) is 0 Å². The topological polar surface area (TPSA) is 147 Å². The number of methoxy groups -OCH3 is 1. The van der Waals surface area contributed by atoms with Gasteiger partial charge in [-0.25, -0.2) is 4.79 Å². The zero-order chi connectivity index (χ0) is 44.7. The van der Waals surface area contributed by atoms with E-state index in [9.17, 15) is 28.8 Å². The van der Waals surface area contributed by atoms with Crippen LogP contribution in [0.25, 0.3) is 21.8 Å². The standard InChI is InChI=1S/C52H53N5O7/c1-34(58)53-48(38-16-8-4-9-17-38)50(61)56-27-12-20-42(56)46(59)32-36-22-24-40-41-25-23-37(31-45(41)55(44(40)30-36)29-26-35-14-6-3-7-15-35)33-47(60)43-21-13-28-57(43)51(62)49(54-52(63)64-2)39-18-10-5-11-19-39/h3-11,14-19,22-25,30-31,42-43,48-49H,12-13,20-21,26-29,32-33H2,1-2H3,(H,53,58)(H,54,63)/t42-,43-,48+,49+/m0/s1. The van der Waals surface area contributed by atoms with E-state index in [0.717, 1.165) is 39.4 Å². The third-order valence-electron chi connectivity index (χ3n) is 12.6. The Morgan fingerprint density at radius 2 is 1.05 bits per heavy atom. The Morgan fingerprint density at radius 3 is 1.50 bits per heavy atom. The highest BCUT2D eigenvalue weighted by Gasteiger charge is 2.39. The van der Waals surface area contributed by atoms with Crippen molar-refractivity contribution in [2.45, 2.75) is 82.6 Å². The SMILES string of the molecule is COC(=O)N[C@@H](C(=O)N1CCC[C@H]1C(=O)Cc1ccc2c3ccc(CC(=O)[C@@H]4CCCN4C(=O)[C@H](NC(C)=O)c4ccccc4)cc3n(CCc3ccccc3)c2c1)c1ccccc1. The molecule has 5 aromatic carbocycles. The van der Waals surface area contributed by atoms with E-state index in [0.29, 0.717) is 56.4 Å². The lowest BCUT2D eigenvalue weighted by molar-refractivity contribution is -0.140. The minimum absolute atomic E-state index is 0.0526. The minimum atomic E-state index is -1.000. The lowest BCUT2D eigenvalue weighted by Gasteiger charge is -2.28. The van der Waals surface area contributed by atoms with Gasteiger partial charge < -0.3 is 29.7 Å². The lowest BCUT2D eigenvalue weighted by Crippen LogP contribution is -2.47. The monoisotopic (exact) mass is 859 g/mol. The number of fused-ring (bicyclic) bond motifs is 3. The van der Waals surface area contributed by atoms with Crippen LogP contribution in [-0.4, -0.2) is 82.0 Å². The number of ketones is 2. The molecule has 12 heteroatoms. The zero-order valence-electron chi connectivity index (χ0n) is 36.2. The van der Waals surface area contributed by atoms with Crippen molar-refractivity contribution in [3.05, 3.63) is 155 Å². The highest BCUT2D eigenvalue weighted by molar-refractivity contribution is 6.09. The summed E-state index contributed by atoms with van der Waals surface area (Å²) in [6, 6.07) is 37.4. The lowest BCUT2D eigenvalue weighted by atomic mass is 9.98. The molecule has 64 heavy (non-hydrogen) atoms. The van der Waals surface area contributed by atoms with Crippen LogP contribution in [0.5, 0.6) is 0 Å². The number of nitrogens with zero attached hydrogens (tertiary/aromatic N) is 3. The van der Waals surface area contributed by atoms with Crippen molar-refractivity contribution in [3.8, 4) is 0 Å². The second kappa shape index (κ2) is 19.5. The van der Waals surface area contributed by atoms with Crippen LogP contribution >= 0.6 is 0 Å². The number of rotatable bonds is 15. The van der Waals surface area contributed by atoms with Gasteiger partial charge in [0.15, 0.2) is 11.6 Å². The third-order valence-corrected chi connectivity index (χ3v) is 12.6. The van der Waals surface area contributed by atoms with Crippen molar-refractivity contribution in [1.29, 1.82) is 0 Å². The summed E-state index contributed by atoms with van der Waals surface area (Å²) >= 11 is 0. The number of aryl methyl sites for hydroxylation is 2. The first-order chi connectivity index (χ1) is 31.1. The Bertz CT molecular complexity index is 2680. The summed E-state index contributed by atoms with van der Waals surface area (Å²) in [7, 11) is 1.25. The molecule has 3 heterocycles. The molecule has 0 saturated carbocycles. The predicted molar refractivity (Wildman–Crippen MR) is 244 cm³/mol. The van der Waals surface area contributed by atoms with E-state index >= 15 is 0 Å². The molecule has 0 spiro atoms. The van der Waals surface area contributed by atoms with Crippen LogP contribution in [0, 0.1) is 0 Å². The van der Waals surface area contributed by atoms with Gasteiger partial charge in [0.05, 0.1) is 19.2 Å². The number of carbonyl (C=O) groups is 6. The van der Waals surface area contributed by atoms with Gasteiger partial charge in [0.1, 0.15) is 12.1 Å². The first-order valence-corrected chi connectivity index (χ1v) is 22.0. The summed E-state index contributed by atoms with van der Waals surface area (Å²) in [5, 5.41) is 7.51. The fourth-order valence-electron chi connectivity index (χ4n) is 9.48. The van der Waals surface area contributed by atoms with Crippen LogP contribution in [-0.2, 0) is 54.5 Å². The number of amides is 4. The number of carbonyl (C=O) groups excluding carboxylic acids is 6. The van der Waals surface area contributed by atoms with E-state index in [1.165, 1.54) is 19.6 Å². The Labute approximate surface area is 372 Å². The van der Waals surface area contributed by atoms with E-state index in [1.54, 1.807) is 46.2 Å². The molecule has 2 aliphatic heterocycles.